The molecule has 1 N–H and O–H groups in total. The highest BCUT2D eigenvalue weighted by molar-refractivity contribution is 5.36. The van der Waals surface area contributed by atoms with Crippen LogP contribution >= 0.6 is 0 Å². The van der Waals surface area contributed by atoms with Crippen LogP contribution in [0.5, 0.6) is 5.75 Å². The molecular formula is C20H18F3N7O3. The molecule has 2 aromatic heterocycles. The molecule has 4 rings (SSSR count). The number of hydrogen-bond donors (Lipinski definition) is 1. The van der Waals surface area contributed by atoms with Crippen molar-refractivity contribution in [3.05, 3.63) is 83.3 Å². The molecule has 0 saturated carbocycles. The standard InChI is InChI=1S/C20H18F3N7O3/c1-14(19(32,11-28-13-24-12-25-28)15-5-3-2-4-6-15)29-18(31)30(27-26-29)16-7-9-17(10-8-16)33-20(21,22)23/h2-10,12-14,32H,11H2,1H3/t14-,19-/m1/s1. The Hall–Kier alpha value is -4.00. The zero-order valence-corrected chi connectivity index (χ0v) is 17.2. The third-order valence-electron chi connectivity index (χ3n) is 5.12. The highest BCUT2D eigenvalue weighted by Gasteiger charge is 2.40. The average Bonchev–Trinajstić information content (AvgIpc) is 3.43. The largest absolute Gasteiger partial charge is 0.573 e. The number of ether oxygens (including phenoxy) is 1. The minimum atomic E-state index is -4.83. The Labute approximate surface area is 184 Å². The van der Waals surface area contributed by atoms with Crippen LogP contribution in [-0.4, -0.2) is 46.0 Å². The van der Waals surface area contributed by atoms with Gasteiger partial charge in [0.15, 0.2) is 0 Å². The Kier molecular flexibility index (Phi) is 5.72. The lowest BCUT2D eigenvalue weighted by atomic mass is 9.87. The molecule has 10 nitrogen and oxygen atoms in total. The normalized spacial score (nSPS) is 14.6. The van der Waals surface area contributed by atoms with Gasteiger partial charge in [-0.3, -0.25) is 0 Å². The summed E-state index contributed by atoms with van der Waals surface area (Å²) in [5, 5.41) is 23.4. The Morgan fingerprint density at radius 2 is 1.76 bits per heavy atom. The Bertz CT molecular complexity index is 1250. The van der Waals surface area contributed by atoms with Gasteiger partial charge in [0.05, 0.1) is 18.3 Å². The van der Waals surface area contributed by atoms with Crippen molar-refractivity contribution in [3.8, 4) is 11.4 Å². The van der Waals surface area contributed by atoms with Crippen LogP contribution in [0.15, 0.2) is 72.0 Å². The maximum Gasteiger partial charge on any atom is 0.573 e. The van der Waals surface area contributed by atoms with Crippen molar-refractivity contribution in [2.75, 3.05) is 0 Å². The topological polar surface area (TPSA) is 113 Å². The molecule has 0 bridgehead atoms. The number of alkyl halides is 3. The second kappa shape index (κ2) is 8.50. The summed E-state index contributed by atoms with van der Waals surface area (Å²) in [5.41, 5.74) is -1.63. The number of benzene rings is 2. The molecule has 172 valence electrons. The predicted octanol–water partition coefficient (Wildman–Crippen LogP) is 2.07. The van der Waals surface area contributed by atoms with Gasteiger partial charge in [-0.25, -0.2) is 14.5 Å². The number of hydrogen-bond acceptors (Lipinski definition) is 7. The summed E-state index contributed by atoms with van der Waals surface area (Å²) < 4.78 is 44.3. The van der Waals surface area contributed by atoms with Crippen LogP contribution in [0.4, 0.5) is 13.2 Å². The van der Waals surface area contributed by atoms with Crippen LogP contribution < -0.4 is 10.4 Å². The summed E-state index contributed by atoms with van der Waals surface area (Å²) >= 11 is 0. The van der Waals surface area contributed by atoms with E-state index in [2.05, 4.69) is 25.2 Å². The van der Waals surface area contributed by atoms with Crippen molar-refractivity contribution < 1.29 is 23.0 Å². The minimum Gasteiger partial charge on any atom is -0.406 e. The van der Waals surface area contributed by atoms with Gasteiger partial charge in [0.25, 0.3) is 0 Å². The summed E-state index contributed by atoms with van der Waals surface area (Å²) in [4.78, 5) is 16.9. The van der Waals surface area contributed by atoms with E-state index in [-0.39, 0.29) is 12.2 Å². The molecule has 2 heterocycles. The van der Waals surface area contributed by atoms with Gasteiger partial charge in [0.1, 0.15) is 24.0 Å². The summed E-state index contributed by atoms with van der Waals surface area (Å²) in [6.45, 7) is 1.57. The monoisotopic (exact) mass is 461 g/mol. The summed E-state index contributed by atoms with van der Waals surface area (Å²) in [7, 11) is 0. The lowest BCUT2D eigenvalue weighted by Crippen LogP contribution is -2.43. The maximum absolute atomic E-state index is 13.0. The summed E-state index contributed by atoms with van der Waals surface area (Å²) in [5.74, 6) is -0.439. The highest BCUT2D eigenvalue weighted by Crippen LogP contribution is 2.33. The molecule has 0 spiro atoms. The van der Waals surface area contributed by atoms with E-state index >= 15 is 0 Å². The van der Waals surface area contributed by atoms with Crippen molar-refractivity contribution in [2.45, 2.75) is 31.5 Å². The molecule has 0 aliphatic carbocycles. The second-order valence-corrected chi connectivity index (χ2v) is 7.22. The number of halogens is 3. The molecule has 0 saturated heterocycles. The Morgan fingerprint density at radius 1 is 1.06 bits per heavy atom. The molecule has 33 heavy (non-hydrogen) atoms. The van der Waals surface area contributed by atoms with Gasteiger partial charge in [0.2, 0.25) is 0 Å². The fourth-order valence-electron chi connectivity index (χ4n) is 3.41. The first-order valence-corrected chi connectivity index (χ1v) is 9.68. The molecule has 0 amide bonds. The molecule has 0 aliphatic rings. The lowest BCUT2D eigenvalue weighted by Gasteiger charge is -2.33. The molecule has 0 radical (unpaired) electrons. The van der Waals surface area contributed by atoms with E-state index in [9.17, 15) is 23.1 Å². The minimum absolute atomic E-state index is 0.0268. The number of nitrogens with zero attached hydrogens (tertiary/aromatic N) is 7. The van der Waals surface area contributed by atoms with E-state index in [1.165, 1.54) is 29.5 Å². The van der Waals surface area contributed by atoms with Crippen molar-refractivity contribution in [2.24, 2.45) is 0 Å². The zero-order chi connectivity index (χ0) is 23.6. The summed E-state index contributed by atoms with van der Waals surface area (Å²) in [6.07, 6.45) is -2.07. The number of aliphatic hydroxyl groups is 1. The van der Waals surface area contributed by atoms with Crippen LogP contribution in [0.3, 0.4) is 0 Å². The molecule has 2 atom stereocenters. The Morgan fingerprint density at radius 3 is 2.36 bits per heavy atom. The van der Waals surface area contributed by atoms with Gasteiger partial charge < -0.3 is 9.84 Å². The zero-order valence-electron chi connectivity index (χ0n) is 17.2. The van der Waals surface area contributed by atoms with Crippen molar-refractivity contribution in [3.63, 3.8) is 0 Å². The molecular weight excluding hydrogens is 443 g/mol. The molecule has 0 unspecified atom stereocenters. The molecule has 0 aliphatic heterocycles. The van der Waals surface area contributed by atoms with Crippen molar-refractivity contribution in [1.82, 2.24) is 34.6 Å². The van der Waals surface area contributed by atoms with Crippen molar-refractivity contribution in [1.29, 1.82) is 0 Å². The fraction of sp³-hybridized carbons (Fsp3) is 0.250. The second-order valence-electron chi connectivity index (χ2n) is 7.22. The first kappa shape index (κ1) is 22.2. The van der Waals surface area contributed by atoms with Crippen LogP contribution in [0.1, 0.15) is 18.5 Å². The maximum atomic E-state index is 13.0. The molecule has 2 aromatic carbocycles. The van der Waals surface area contributed by atoms with E-state index in [0.717, 1.165) is 21.5 Å². The quantitative estimate of drug-likeness (QED) is 0.448. The van der Waals surface area contributed by atoms with Gasteiger partial charge in [-0.1, -0.05) is 30.3 Å². The fourth-order valence-corrected chi connectivity index (χ4v) is 3.41. The van der Waals surface area contributed by atoms with Crippen molar-refractivity contribution >= 4 is 0 Å². The summed E-state index contributed by atoms with van der Waals surface area (Å²) in [6, 6.07) is 12.4. The first-order chi connectivity index (χ1) is 15.7. The Balaban J connectivity index is 1.68. The van der Waals surface area contributed by atoms with Gasteiger partial charge in [-0.05, 0) is 47.2 Å². The van der Waals surface area contributed by atoms with E-state index in [1.54, 1.807) is 37.3 Å². The first-order valence-electron chi connectivity index (χ1n) is 9.68. The number of aromatic nitrogens is 7. The number of tetrazole rings is 1. The molecule has 4 aromatic rings. The van der Waals surface area contributed by atoms with E-state index in [0.29, 0.717) is 5.56 Å². The van der Waals surface area contributed by atoms with Crippen LogP contribution in [0, 0.1) is 0 Å². The van der Waals surface area contributed by atoms with Crippen LogP contribution in [0.2, 0.25) is 0 Å². The van der Waals surface area contributed by atoms with Crippen LogP contribution in [0.25, 0.3) is 5.69 Å². The van der Waals surface area contributed by atoms with Gasteiger partial charge >= 0.3 is 12.1 Å². The lowest BCUT2D eigenvalue weighted by molar-refractivity contribution is -0.274. The highest BCUT2D eigenvalue weighted by atomic mass is 19.4. The van der Waals surface area contributed by atoms with Gasteiger partial charge in [0, 0.05) is 0 Å². The predicted molar refractivity (Wildman–Crippen MR) is 107 cm³/mol. The van der Waals surface area contributed by atoms with E-state index in [1.807, 2.05) is 0 Å². The smallest absolute Gasteiger partial charge is 0.406 e. The van der Waals surface area contributed by atoms with Crippen LogP contribution in [-0.2, 0) is 12.1 Å². The third-order valence-corrected chi connectivity index (χ3v) is 5.12. The number of rotatable bonds is 7. The van der Waals surface area contributed by atoms with E-state index in [4.69, 9.17) is 0 Å². The van der Waals surface area contributed by atoms with Gasteiger partial charge in [-0.15, -0.1) is 13.2 Å². The third kappa shape index (κ3) is 4.62. The van der Waals surface area contributed by atoms with Gasteiger partial charge in [-0.2, -0.15) is 14.5 Å². The molecule has 13 heteroatoms. The molecule has 0 fully saturated rings. The average molecular weight is 461 g/mol. The van der Waals surface area contributed by atoms with E-state index < -0.39 is 29.4 Å². The SMILES string of the molecule is C[C@@H](n1nnn(-c2ccc(OC(F)(F)F)cc2)c1=O)[C@](O)(Cn1cncn1)c1ccccc1.